The lowest BCUT2D eigenvalue weighted by atomic mass is 10.1. The summed E-state index contributed by atoms with van der Waals surface area (Å²) in [5.41, 5.74) is 4.56. The predicted molar refractivity (Wildman–Crippen MR) is 110 cm³/mol. The Morgan fingerprint density at radius 3 is 2.79 bits per heavy atom. The summed E-state index contributed by atoms with van der Waals surface area (Å²) in [7, 11) is 0. The minimum atomic E-state index is -0.198. The Hall–Kier alpha value is -4.13. The highest BCUT2D eigenvalue weighted by atomic mass is 16.3. The van der Waals surface area contributed by atoms with Gasteiger partial charge < -0.3 is 15.4 Å². The zero-order chi connectivity index (χ0) is 19.8. The molecule has 0 spiro atoms. The quantitative estimate of drug-likeness (QED) is 0.379. The fourth-order valence-corrected chi connectivity index (χ4v) is 3.36. The highest BCUT2D eigenvalue weighted by molar-refractivity contribution is 5.98. The predicted octanol–water partition coefficient (Wildman–Crippen LogP) is 3.74. The zero-order valence-electron chi connectivity index (χ0n) is 15.3. The lowest BCUT2D eigenvalue weighted by Gasteiger charge is -2.06. The topological polar surface area (TPSA) is 107 Å². The third-order valence-corrected chi connectivity index (χ3v) is 4.80. The number of amides is 1. The van der Waals surface area contributed by atoms with Gasteiger partial charge in [-0.25, -0.2) is 4.98 Å². The number of rotatable bonds is 4. The fraction of sp³-hybridized carbons (Fsp3) is 0.0455. The molecule has 0 aliphatic heterocycles. The molecule has 1 amide bonds. The van der Waals surface area contributed by atoms with Crippen LogP contribution in [0.2, 0.25) is 0 Å². The monoisotopic (exact) mass is 383 g/mol. The van der Waals surface area contributed by atoms with E-state index in [-0.39, 0.29) is 11.7 Å². The summed E-state index contributed by atoms with van der Waals surface area (Å²) in [5.74, 6) is 0.625. The molecule has 5 rings (SSSR count). The summed E-state index contributed by atoms with van der Waals surface area (Å²) in [6.07, 6.45) is 0. The molecule has 0 aliphatic rings. The van der Waals surface area contributed by atoms with Crippen LogP contribution in [0.25, 0.3) is 33.5 Å². The molecular formula is C22H17N5O2. The maximum absolute atomic E-state index is 12.5. The van der Waals surface area contributed by atoms with Crippen molar-refractivity contribution >= 4 is 27.8 Å². The Balaban J connectivity index is 1.41. The summed E-state index contributed by atoms with van der Waals surface area (Å²) in [5, 5.41) is 20.8. The van der Waals surface area contributed by atoms with Gasteiger partial charge in [-0.15, -0.1) is 0 Å². The van der Waals surface area contributed by atoms with Gasteiger partial charge >= 0.3 is 0 Å². The van der Waals surface area contributed by atoms with Gasteiger partial charge in [-0.3, -0.25) is 9.89 Å². The molecule has 4 N–H and O–H groups in total. The van der Waals surface area contributed by atoms with E-state index in [9.17, 15) is 9.90 Å². The average molecular weight is 383 g/mol. The molecule has 0 saturated carbocycles. The molecule has 0 bridgehead atoms. The highest BCUT2D eigenvalue weighted by Gasteiger charge is 2.14. The second-order valence-corrected chi connectivity index (χ2v) is 6.79. The Morgan fingerprint density at radius 1 is 1.00 bits per heavy atom. The second-order valence-electron chi connectivity index (χ2n) is 6.79. The summed E-state index contributed by atoms with van der Waals surface area (Å²) in [6, 6.07) is 20.0. The van der Waals surface area contributed by atoms with E-state index in [2.05, 4.69) is 25.5 Å². The number of phenolic OH excluding ortho intramolecular Hbond substituents is 1. The molecule has 2 aromatic heterocycles. The third kappa shape index (κ3) is 3.19. The molecule has 0 atom stereocenters. The molecule has 3 aromatic carbocycles. The molecule has 7 heteroatoms. The first-order chi connectivity index (χ1) is 14.2. The first-order valence-corrected chi connectivity index (χ1v) is 9.17. The van der Waals surface area contributed by atoms with Crippen LogP contribution in [-0.2, 0) is 6.54 Å². The molecule has 0 aliphatic carbocycles. The van der Waals surface area contributed by atoms with Crippen LogP contribution >= 0.6 is 0 Å². The second kappa shape index (κ2) is 6.79. The van der Waals surface area contributed by atoms with Gasteiger partial charge in [0.2, 0.25) is 0 Å². The van der Waals surface area contributed by atoms with Crippen molar-refractivity contribution in [2.45, 2.75) is 6.54 Å². The van der Waals surface area contributed by atoms with Gasteiger partial charge in [0, 0.05) is 17.5 Å². The van der Waals surface area contributed by atoms with E-state index in [0.717, 1.165) is 33.2 Å². The first-order valence-electron chi connectivity index (χ1n) is 9.17. The third-order valence-electron chi connectivity index (χ3n) is 4.80. The number of fused-ring (bicyclic) bond motifs is 2. The van der Waals surface area contributed by atoms with Crippen LogP contribution in [0.5, 0.6) is 5.75 Å². The van der Waals surface area contributed by atoms with Crippen LogP contribution < -0.4 is 5.32 Å². The van der Waals surface area contributed by atoms with Crippen molar-refractivity contribution in [3.05, 3.63) is 77.9 Å². The Kier molecular flexibility index (Phi) is 3.98. The number of aromatic amines is 2. The average Bonchev–Trinajstić information content (AvgIpc) is 3.35. The Morgan fingerprint density at radius 2 is 1.90 bits per heavy atom. The number of aromatic nitrogens is 4. The van der Waals surface area contributed by atoms with Crippen LogP contribution in [0, 0.1) is 0 Å². The lowest BCUT2D eigenvalue weighted by molar-refractivity contribution is 0.0951. The van der Waals surface area contributed by atoms with E-state index < -0.39 is 0 Å². The minimum absolute atomic E-state index is 0.175. The molecule has 0 saturated heterocycles. The summed E-state index contributed by atoms with van der Waals surface area (Å²) in [4.78, 5) is 20.4. The smallest absolute Gasteiger partial charge is 0.251 e. The number of hydrogen-bond acceptors (Lipinski definition) is 4. The summed E-state index contributed by atoms with van der Waals surface area (Å²) in [6.45, 7) is 0.332. The van der Waals surface area contributed by atoms with Gasteiger partial charge in [-0.1, -0.05) is 30.3 Å². The number of benzene rings is 3. The molecule has 7 nitrogen and oxygen atoms in total. The van der Waals surface area contributed by atoms with Crippen LogP contribution in [0.1, 0.15) is 15.9 Å². The van der Waals surface area contributed by atoms with E-state index in [1.54, 1.807) is 30.3 Å². The van der Waals surface area contributed by atoms with E-state index in [0.29, 0.717) is 17.9 Å². The number of aromatic hydroxyl groups is 1. The van der Waals surface area contributed by atoms with Crippen LogP contribution in [0.4, 0.5) is 0 Å². The van der Waals surface area contributed by atoms with E-state index in [1.165, 1.54) is 0 Å². The molecule has 5 aromatic rings. The number of nitrogens with one attached hydrogen (secondary N) is 3. The number of carbonyl (C=O) groups is 1. The SMILES string of the molecule is O=C(NCc1cccc(O)c1)c1ccc2nc(-c3n[nH]c4ccccc34)[nH]c2c1. The van der Waals surface area contributed by atoms with Crippen molar-refractivity contribution in [1.29, 1.82) is 0 Å². The fourth-order valence-electron chi connectivity index (χ4n) is 3.36. The summed E-state index contributed by atoms with van der Waals surface area (Å²) >= 11 is 0. The van der Waals surface area contributed by atoms with Crippen LogP contribution in [0.15, 0.2) is 66.7 Å². The van der Waals surface area contributed by atoms with E-state index in [1.807, 2.05) is 36.4 Å². The van der Waals surface area contributed by atoms with Gasteiger partial charge in [-0.05, 0) is 42.0 Å². The standard InChI is InChI=1S/C22H17N5O2/c28-15-5-3-4-13(10-15)12-23-22(29)14-8-9-18-19(11-14)25-21(24-18)20-16-6-1-2-7-17(16)26-27-20/h1-11,28H,12H2,(H,23,29)(H,24,25)(H,26,27). The lowest BCUT2D eigenvalue weighted by Crippen LogP contribution is -2.22. The number of phenols is 1. The van der Waals surface area contributed by atoms with E-state index >= 15 is 0 Å². The van der Waals surface area contributed by atoms with E-state index in [4.69, 9.17) is 0 Å². The molecule has 142 valence electrons. The van der Waals surface area contributed by atoms with Gasteiger partial charge in [-0.2, -0.15) is 5.10 Å². The van der Waals surface area contributed by atoms with Gasteiger partial charge in [0.1, 0.15) is 11.4 Å². The number of imidazole rings is 1. The van der Waals surface area contributed by atoms with Crippen molar-refractivity contribution < 1.29 is 9.90 Å². The van der Waals surface area contributed by atoms with Crippen molar-refractivity contribution in [3.63, 3.8) is 0 Å². The number of H-pyrrole nitrogens is 2. The minimum Gasteiger partial charge on any atom is -0.508 e. The summed E-state index contributed by atoms with van der Waals surface area (Å²) < 4.78 is 0. The first kappa shape index (κ1) is 17.0. The normalized spacial score (nSPS) is 11.2. The van der Waals surface area contributed by atoms with Crippen LogP contribution in [-0.4, -0.2) is 31.2 Å². The van der Waals surface area contributed by atoms with Crippen LogP contribution in [0.3, 0.4) is 0 Å². The van der Waals surface area contributed by atoms with Gasteiger partial charge in [0.05, 0.1) is 16.6 Å². The van der Waals surface area contributed by atoms with Gasteiger partial charge in [0.15, 0.2) is 5.82 Å². The maximum atomic E-state index is 12.5. The molecule has 0 unspecified atom stereocenters. The molecule has 2 heterocycles. The zero-order valence-corrected chi connectivity index (χ0v) is 15.3. The van der Waals surface area contributed by atoms with Crippen molar-refractivity contribution in [2.75, 3.05) is 0 Å². The number of para-hydroxylation sites is 1. The largest absolute Gasteiger partial charge is 0.508 e. The maximum Gasteiger partial charge on any atom is 0.251 e. The van der Waals surface area contributed by atoms with Gasteiger partial charge in [0.25, 0.3) is 5.91 Å². The van der Waals surface area contributed by atoms with Crippen molar-refractivity contribution in [2.24, 2.45) is 0 Å². The highest BCUT2D eigenvalue weighted by Crippen LogP contribution is 2.26. The molecule has 0 radical (unpaired) electrons. The van der Waals surface area contributed by atoms with Crippen molar-refractivity contribution in [3.8, 4) is 17.3 Å². The molecular weight excluding hydrogens is 366 g/mol. The Bertz CT molecular complexity index is 1350. The van der Waals surface area contributed by atoms with Crippen molar-refractivity contribution in [1.82, 2.24) is 25.5 Å². The molecule has 0 fully saturated rings. The molecule has 29 heavy (non-hydrogen) atoms. The number of nitrogens with zero attached hydrogens (tertiary/aromatic N) is 2. The number of hydrogen-bond donors (Lipinski definition) is 4. The number of carbonyl (C=O) groups excluding carboxylic acids is 1. The Labute approximate surface area is 165 Å².